The second-order valence-electron chi connectivity index (χ2n) is 3.79. The maximum atomic E-state index is 11.6. The number of hydrogen-bond acceptors (Lipinski definition) is 2. The van der Waals surface area contributed by atoms with Gasteiger partial charge in [-0.25, -0.2) is 0 Å². The Kier molecular flexibility index (Phi) is 4.04. The molecular formula is C14H15NOS. The first-order valence-corrected chi connectivity index (χ1v) is 6.59. The van der Waals surface area contributed by atoms with Gasteiger partial charge in [0.05, 0.1) is 0 Å². The van der Waals surface area contributed by atoms with Gasteiger partial charge in [-0.05, 0) is 29.8 Å². The first-order chi connectivity index (χ1) is 8.31. The number of thioether (sulfide) groups is 1. The Hall–Kier alpha value is -1.48. The van der Waals surface area contributed by atoms with Crippen LogP contribution in [-0.2, 0) is 0 Å². The Bertz CT molecular complexity index is 473. The monoisotopic (exact) mass is 245 g/mol. The number of rotatable bonds is 4. The van der Waals surface area contributed by atoms with Crippen molar-refractivity contribution in [3.05, 3.63) is 65.5 Å². The van der Waals surface area contributed by atoms with Crippen LogP contribution in [0.15, 0.2) is 59.8 Å². The van der Waals surface area contributed by atoms with Crippen LogP contribution in [0.2, 0.25) is 0 Å². The fourth-order valence-electron chi connectivity index (χ4n) is 1.70. The molecule has 1 unspecified atom stereocenters. The van der Waals surface area contributed by atoms with Crippen molar-refractivity contribution in [3.63, 3.8) is 0 Å². The molecule has 0 saturated carbocycles. The second-order valence-corrected chi connectivity index (χ2v) is 5.01. The van der Waals surface area contributed by atoms with Crippen molar-refractivity contribution >= 4 is 11.8 Å². The molecule has 0 aliphatic rings. The lowest BCUT2D eigenvalue weighted by Gasteiger charge is -2.13. The molecule has 0 bridgehead atoms. The minimum absolute atomic E-state index is 0.332. The number of aromatic nitrogens is 1. The van der Waals surface area contributed by atoms with Crippen LogP contribution in [-0.4, -0.2) is 0 Å². The fourth-order valence-corrected chi connectivity index (χ4v) is 2.78. The van der Waals surface area contributed by atoms with E-state index in [0.29, 0.717) is 5.25 Å². The van der Waals surface area contributed by atoms with Crippen molar-refractivity contribution < 1.29 is 4.73 Å². The van der Waals surface area contributed by atoms with E-state index in [4.69, 9.17) is 0 Å². The van der Waals surface area contributed by atoms with Crippen LogP contribution >= 0.6 is 11.8 Å². The minimum Gasteiger partial charge on any atom is -0.618 e. The van der Waals surface area contributed by atoms with Gasteiger partial charge in [0, 0.05) is 17.4 Å². The highest BCUT2D eigenvalue weighted by atomic mass is 32.2. The van der Waals surface area contributed by atoms with Gasteiger partial charge in [-0.3, -0.25) is 0 Å². The van der Waals surface area contributed by atoms with Gasteiger partial charge >= 0.3 is 0 Å². The lowest BCUT2D eigenvalue weighted by atomic mass is 10.1. The Morgan fingerprint density at radius 3 is 2.47 bits per heavy atom. The van der Waals surface area contributed by atoms with E-state index >= 15 is 0 Å². The van der Waals surface area contributed by atoms with Crippen LogP contribution in [0.1, 0.15) is 24.2 Å². The van der Waals surface area contributed by atoms with Crippen LogP contribution < -0.4 is 4.73 Å². The standard InChI is InChI=1S/C14H15NOS/c1-2-13(12-8-4-3-5-9-12)17-14-10-6-7-11-15(14)16/h3-11,13H,2H2,1H3. The van der Waals surface area contributed by atoms with Crippen molar-refractivity contribution in [1.29, 1.82) is 0 Å². The third-order valence-corrected chi connectivity index (χ3v) is 4.04. The van der Waals surface area contributed by atoms with E-state index < -0.39 is 0 Å². The molecule has 2 aromatic rings. The Labute approximate surface area is 106 Å². The van der Waals surface area contributed by atoms with Gasteiger partial charge in [-0.15, -0.1) is 0 Å². The lowest BCUT2D eigenvalue weighted by molar-refractivity contribution is -0.645. The van der Waals surface area contributed by atoms with E-state index in [1.54, 1.807) is 24.0 Å². The summed E-state index contributed by atoms with van der Waals surface area (Å²) in [6, 6.07) is 15.8. The SMILES string of the molecule is CCC(Sc1cccc[n+]1[O-])c1ccccc1. The molecule has 1 aromatic heterocycles. The Morgan fingerprint density at radius 1 is 1.12 bits per heavy atom. The highest BCUT2D eigenvalue weighted by Crippen LogP contribution is 2.35. The van der Waals surface area contributed by atoms with Gasteiger partial charge in [0.2, 0.25) is 0 Å². The Balaban J connectivity index is 2.19. The topological polar surface area (TPSA) is 26.9 Å². The smallest absolute Gasteiger partial charge is 0.251 e. The summed E-state index contributed by atoms with van der Waals surface area (Å²) in [4.78, 5) is 0. The number of hydrogen-bond donors (Lipinski definition) is 0. The van der Waals surface area contributed by atoms with E-state index in [9.17, 15) is 5.21 Å². The maximum Gasteiger partial charge on any atom is 0.251 e. The fraction of sp³-hybridized carbons (Fsp3) is 0.214. The minimum atomic E-state index is 0.332. The molecule has 0 saturated heterocycles. The summed E-state index contributed by atoms with van der Waals surface area (Å²) in [6.45, 7) is 2.14. The summed E-state index contributed by atoms with van der Waals surface area (Å²) >= 11 is 1.62. The molecular weight excluding hydrogens is 230 g/mol. The molecule has 0 N–H and O–H groups in total. The van der Waals surface area contributed by atoms with Gasteiger partial charge in [0.1, 0.15) is 0 Å². The van der Waals surface area contributed by atoms with E-state index in [2.05, 4.69) is 19.1 Å². The molecule has 0 aliphatic carbocycles. The van der Waals surface area contributed by atoms with Crippen LogP contribution in [0.25, 0.3) is 0 Å². The highest BCUT2D eigenvalue weighted by Gasteiger charge is 2.15. The van der Waals surface area contributed by atoms with Crippen molar-refractivity contribution in [1.82, 2.24) is 0 Å². The second kappa shape index (κ2) is 5.73. The van der Waals surface area contributed by atoms with Gasteiger partial charge < -0.3 is 5.21 Å². The van der Waals surface area contributed by atoms with Gasteiger partial charge in [0.15, 0.2) is 6.20 Å². The molecule has 1 aromatic carbocycles. The molecule has 1 heterocycles. The van der Waals surface area contributed by atoms with Crippen LogP contribution in [0, 0.1) is 5.21 Å². The van der Waals surface area contributed by atoms with Gasteiger partial charge in [-0.1, -0.05) is 37.3 Å². The number of nitrogens with zero attached hydrogens (tertiary/aromatic N) is 1. The molecule has 0 fully saturated rings. The van der Waals surface area contributed by atoms with Crippen molar-refractivity contribution in [3.8, 4) is 0 Å². The van der Waals surface area contributed by atoms with Crippen molar-refractivity contribution in [2.24, 2.45) is 0 Å². The van der Waals surface area contributed by atoms with E-state index in [0.717, 1.165) is 16.2 Å². The zero-order valence-electron chi connectivity index (χ0n) is 9.74. The van der Waals surface area contributed by atoms with Crippen molar-refractivity contribution in [2.45, 2.75) is 23.6 Å². The summed E-state index contributed by atoms with van der Waals surface area (Å²) in [7, 11) is 0. The summed E-state index contributed by atoms with van der Waals surface area (Å²) in [5.41, 5.74) is 1.27. The largest absolute Gasteiger partial charge is 0.618 e. The molecule has 2 nitrogen and oxygen atoms in total. The summed E-state index contributed by atoms with van der Waals surface area (Å²) in [6.07, 6.45) is 2.55. The van der Waals surface area contributed by atoms with Crippen LogP contribution in [0.5, 0.6) is 0 Å². The predicted molar refractivity (Wildman–Crippen MR) is 70.7 cm³/mol. The molecule has 0 amide bonds. The molecule has 1 atom stereocenters. The zero-order valence-corrected chi connectivity index (χ0v) is 10.6. The van der Waals surface area contributed by atoms with E-state index in [1.165, 1.54) is 5.56 Å². The third kappa shape index (κ3) is 3.01. The highest BCUT2D eigenvalue weighted by molar-refractivity contribution is 7.99. The predicted octanol–water partition coefficient (Wildman–Crippen LogP) is 3.56. The first kappa shape index (κ1) is 12.0. The average Bonchev–Trinajstić information content (AvgIpc) is 2.39. The normalized spacial score (nSPS) is 12.3. The average molecular weight is 245 g/mol. The maximum absolute atomic E-state index is 11.6. The van der Waals surface area contributed by atoms with Gasteiger partial charge in [0.25, 0.3) is 5.03 Å². The molecule has 88 valence electrons. The van der Waals surface area contributed by atoms with E-state index in [-0.39, 0.29) is 0 Å². The first-order valence-electron chi connectivity index (χ1n) is 5.71. The molecule has 0 aliphatic heterocycles. The molecule has 0 spiro atoms. The Morgan fingerprint density at radius 2 is 1.82 bits per heavy atom. The van der Waals surface area contributed by atoms with Crippen LogP contribution in [0.4, 0.5) is 0 Å². The number of pyridine rings is 1. The summed E-state index contributed by atoms with van der Waals surface area (Å²) in [5, 5.41) is 12.7. The summed E-state index contributed by atoms with van der Waals surface area (Å²) in [5.74, 6) is 0. The molecule has 2 rings (SSSR count). The van der Waals surface area contributed by atoms with E-state index in [1.807, 2.05) is 30.3 Å². The molecule has 3 heteroatoms. The zero-order chi connectivity index (χ0) is 12.1. The van der Waals surface area contributed by atoms with Crippen molar-refractivity contribution in [2.75, 3.05) is 0 Å². The van der Waals surface area contributed by atoms with Crippen LogP contribution in [0.3, 0.4) is 0 Å². The summed E-state index contributed by atoms with van der Waals surface area (Å²) < 4.78 is 0.927. The quantitative estimate of drug-likeness (QED) is 0.468. The molecule has 17 heavy (non-hydrogen) atoms. The van der Waals surface area contributed by atoms with Gasteiger partial charge in [-0.2, -0.15) is 4.73 Å². The third-order valence-electron chi connectivity index (χ3n) is 2.59. The molecule has 0 radical (unpaired) electrons. The lowest BCUT2D eigenvalue weighted by Crippen LogP contribution is -2.27. The number of benzene rings is 1.